The summed E-state index contributed by atoms with van der Waals surface area (Å²) in [6.45, 7) is 2.97. The lowest BCUT2D eigenvalue weighted by atomic mass is 10.2. The average molecular weight is 179 g/mol. The lowest BCUT2D eigenvalue weighted by Crippen LogP contribution is -2.33. The Kier molecular flexibility index (Phi) is 2.04. The molecule has 0 aliphatic carbocycles. The van der Waals surface area contributed by atoms with E-state index < -0.39 is 0 Å². The second-order valence-corrected chi connectivity index (χ2v) is 3.48. The van der Waals surface area contributed by atoms with E-state index in [1.807, 2.05) is 4.90 Å². The number of rotatable bonds is 1. The van der Waals surface area contributed by atoms with Gasteiger partial charge in [0.15, 0.2) is 0 Å². The van der Waals surface area contributed by atoms with E-state index in [1.165, 1.54) is 0 Å². The molecule has 1 unspecified atom stereocenters. The molecule has 70 valence electrons. The van der Waals surface area contributed by atoms with E-state index in [2.05, 4.69) is 17.1 Å². The quantitative estimate of drug-likeness (QED) is 0.700. The lowest BCUT2D eigenvalue weighted by Gasteiger charge is -2.20. The van der Waals surface area contributed by atoms with Crippen LogP contribution < -0.4 is 0 Å². The molecule has 1 amide bonds. The Bertz CT molecular complexity index is 294. The second-order valence-electron chi connectivity index (χ2n) is 3.48. The van der Waals surface area contributed by atoms with E-state index >= 15 is 0 Å². The maximum Gasteiger partial charge on any atom is 0.257 e. The molecule has 1 N–H and O–H groups in total. The van der Waals surface area contributed by atoms with Crippen molar-refractivity contribution in [3.63, 3.8) is 0 Å². The molecule has 1 aromatic heterocycles. The highest BCUT2D eigenvalue weighted by Crippen LogP contribution is 2.18. The first-order chi connectivity index (χ1) is 6.29. The zero-order chi connectivity index (χ0) is 9.26. The van der Waals surface area contributed by atoms with Crippen molar-refractivity contribution < 1.29 is 4.79 Å². The second kappa shape index (κ2) is 3.20. The summed E-state index contributed by atoms with van der Waals surface area (Å²) in [6, 6.07) is 0.377. The van der Waals surface area contributed by atoms with Gasteiger partial charge in [-0.05, 0) is 19.8 Å². The van der Waals surface area contributed by atoms with E-state index in [9.17, 15) is 4.79 Å². The fraction of sp³-hybridized carbons (Fsp3) is 0.556. The van der Waals surface area contributed by atoms with Crippen LogP contribution in [0.15, 0.2) is 12.4 Å². The van der Waals surface area contributed by atoms with Crippen molar-refractivity contribution in [2.45, 2.75) is 25.8 Å². The van der Waals surface area contributed by atoms with Gasteiger partial charge in [-0.3, -0.25) is 9.89 Å². The van der Waals surface area contributed by atoms with Gasteiger partial charge < -0.3 is 4.90 Å². The summed E-state index contributed by atoms with van der Waals surface area (Å²) in [7, 11) is 0. The van der Waals surface area contributed by atoms with Gasteiger partial charge >= 0.3 is 0 Å². The molecule has 4 nitrogen and oxygen atoms in total. The van der Waals surface area contributed by atoms with Gasteiger partial charge in [0.2, 0.25) is 0 Å². The smallest absolute Gasteiger partial charge is 0.257 e. The van der Waals surface area contributed by atoms with E-state index in [0.29, 0.717) is 11.6 Å². The molecule has 1 fully saturated rings. The summed E-state index contributed by atoms with van der Waals surface area (Å²) < 4.78 is 0. The maximum absolute atomic E-state index is 11.8. The molecular weight excluding hydrogens is 166 g/mol. The first-order valence-electron chi connectivity index (χ1n) is 4.59. The maximum atomic E-state index is 11.8. The number of likely N-dealkylation sites (tertiary alicyclic amines) is 1. The summed E-state index contributed by atoms with van der Waals surface area (Å²) in [5.74, 6) is 0.0961. The molecule has 4 heteroatoms. The van der Waals surface area contributed by atoms with Crippen molar-refractivity contribution in [1.29, 1.82) is 0 Å². The number of hydrogen-bond donors (Lipinski definition) is 1. The lowest BCUT2D eigenvalue weighted by molar-refractivity contribution is 0.0747. The summed E-state index contributed by atoms with van der Waals surface area (Å²) in [5, 5.41) is 6.42. The van der Waals surface area contributed by atoms with Crippen molar-refractivity contribution in [2.24, 2.45) is 0 Å². The number of nitrogens with one attached hydrogen (secondary N) is 1. The Balaban J connectivity index is 2.13. The third-order valence-corrected chi connectivity index (χ3v) is 2.56. The molecule has 0 bridgehead atoms. The number of hydrogen-bond acceptors (Lipinski definition) is 2. The molecule has 1 aromatic rings. The minimum Gasteiger partial charge on any atom is -0.336 e. The molecule has 2 rings (SSSR count). The van der Waals surface area contributed by atoms with Gasteiger partial charge in [-0.25, -0.2) is 0 Å². The average Bonchev–Trinajstić information content (AvgIpc) is 2.72. The highest BCUT2D eigenvalue weighted by atomic mass is 16.2. The predicted molar refractivity (Wildman–Crippen MR) is 48.3 cm³/mol. The topological polar surface area (TPSA) is 49.0 Å². The van der Waals surface area contributed by atoms with Gasteiger partial charge in [0, 0.05) is 18.8 Å². The van der Waals surface area contributed by atoms with Crippen LogP contribution in [-0.4, -0.2) is 33.6 Å². The molecule has 0 aromatic carbocycles. The fourth-order valence-electron chi connectivity index (χ4n) is 1.77. The van der Waals surface area contributed by atoms with Gasteiger partial charge in [-0.1, -0.05) is 0 Å². The first kappa shape index (κ1) is 8.29. The third kappa shape index (κ3) is 1.43. The van der Waals surface area contributed by atoms with Gasteiger partial charge in [0.1, 0.15) is 0 Å². The molecule has 0 saturated carbocycles. The minimum absolute atomic E-state index is 0.0961. The van der Waals surface area contributed by atoms with Crippen LogP contribution in [0.3, 0.4) is 0 Å². The van der Waals surface area contributed by atoms with Crippen molar-refractivity contribution in [1.82, 2.24) is 15.1 Å². The molecule has 2 heterocycles. The first-order valence-corrected chi connectivity index (χ1v) is 4.59. The molecule has 1 saturated heterocycles. The molecule has 1 atom stereocenters. The Hall–Kier alpha value is -1.32. The van der Waals surface area contributed by atoms with Crippen LogP contribution in [0.5, 0.6) is 0 Å². The highest BCUT2D eigenvalue weighted by Gasteiger charge is 2.26. The van der Waals surface area contributed by atoms with Crippen molar-refractivity contribution in [2.75, 3.05) is 6.54 Å². The summed E-state index contributed by atoms with van der Waals surface area (Å²) >= 11 is 0. The minimum atomic E-state index is 0.0961. The number of amides is 1. The fourth-order valence-corrected chi connectivity index (χ4v) is 1.77. The van der Waals surface area contributed by atoms with E-state index in [0.717, 1.165) is 19.4 Å². The standard InChI is InChI=1S/C9H13N3O/c1-7-3-2-4-12(7)9(13)8-5-10-11-6-8/h5-7H,2-4H2,1H3,(H,10,11). The van der Waals surface area contributed by atoms with E-state index in [1.54, 1.807) is 12.4 Å². The number of H-pyrrole nitrogens is 1. The summed E-state index contributed by atoms with van der Waals surface area (Å²) in [6.07, 6.45) is 5.45. The van der Waals surface area contributed by atoms with Crippen molar-refractivity contribution >= 4 is 5.91 Å². The number of aromatic amines is 1. The van der Waals surface area contributed by atoms with Gasteiger partial charge in [-0.15, -0.1) is 0 Å². The number of nitrogens with zero attached hydrogens (tertiary/aromatic N) is 2. The number of carbonyl (C=O) groups excluding carboxylic acids is 1. The number of aromatic nitrogens is 2. The zero-order valence-corrected chi connectivity index (χ0v) is 7.66. The van der Waals surface area contributed by atoms with Gasteiger partial charge in [0.25, 0.3) is 5.91 Å². The molecule has 1 aliphatic heterocycles. The zero-order valence-electron chi connectivity index (χ0n) is 7.66. The SMILES string of the molecule is CC1CCCN1C(=O)c1cn[nH]c1. The summed E-state index contributed by atoms with van der Waals surface area (Å²) in [5.41, 5.74) is 0.661. The summed E-state index contributed by atoms with van der Waals surface area (Å²) in [4.78, 5) is 13.7. The monoisotopic (exact) mass is 179 g/mol. The Labute approximate surface area is 76.9 Å². The highest BCUT2D eigenvalue weighted by molar-refractivity contribution is 5.94. The van der Waals surface area contributed by atoms with E-state index in [4.69, 9.17) is 0 Å². The van der Waals surface area contributed by atoms with Crippen LogP contribution in [0.25, 0.3) is 0 Å². The van der Waals surface area contributed by atoms with Crippen LogP contribution in [0.1, 0.15) is 30.1 Å². The Morgan fingerprint density at radius 3 is 3.15 bits per heavy atom. The Morgan fingerprint density at radius 1 is 1.77 bits per heavy atom. The number of carbonyl (C=O) groups is 1. The van der Waals surface area contributed by atoms with Crippen molar-refractivity contribution in [3.05, 3.63) is 18.0 Å². The third-order valence-electron chi connectivity index (χ3n) is 2.56. The van der Waals surface area contributed by atoms with Crippen LogP contribution in [-0.2, 0) is 0 Å². The van der Waals surface area contributed by atoms with E-state index in [-0.39, 0.29) is 5.91 Å². The van der Waals surface area contributed by atoms with Gasteiger partial charge in [-0.2, -0.15) is 5.10 Å². The molecule has 0 spiro atoms. The van der Waals surface area contributed by atoms with Crippen LogP contribution in [0.4, 0.5) is 0 Å². The molecule has 0 radical (unpaired) electrons. The van der Waals surface area contributed by atoms with Crippen molar-refractivity contribution in [3.8, 4) is 0 Å². The normalized spacial score (nSPS) is 22.2. The van der Waals surface area contributed by atoms with Crippen LogP contribution in [0, 0.1) is 0 Å². The van der Waals surface area contributed by atoms with Crippen LogP contribution >= 0.6 is 0 Å². The van der Waals surface area contributed by atoms with Gasteiger partial charge in [0.05, 0.1) is 11.8 Å². The molecular formula is C9H13N3O. The molecule has 1 aliphatic rings. The Morgan fingerprint density at radius 2 is 2.62 bits per heavy atom. The predicted octanol–water partition coefficient (Wildman–Crippen LogP) is 1.03. The largest absolute Gasteiger partial charge is 0.336 e. The van der Waals surface area contributed by atoms with Crippen LogP contribution in [0.2, 0.25) is 0 Å². The molecule has 13 heavy (non-hydrogen) atoms.